The smallest absolute Gasteiger partial charge is 0.324 e. The number of anilines is 1. The summed E-state index contributed by atoms with van der Waals surface area (Å²) in [6, 6.07) is 17.9. The Kier molecular flexibility index (Phi) is 10.8. The molecular formula is C41H44ClN7O7S. The minimum atomic E-state index is -4.52. The maximum Gasteiger partial charge on any atom is 0.324 e. The second-order valence-corrected chi connectivity index (χ2v) is 17.3. The summed E-state index contributed by atoms with van der Waals surface area (Å²) >= 11 is 6.26. The van der Waals surface area contributed by atoms with Gasteiger partial charge in [-0.1, -0.05) is 35.7 Å². The van der Waals surface area contributed by atoms with Crippen LogP contribution < -0.4 is 14.4 Å². The van der Waals surface area contributed by atoms with Crippen LogP contribution in [-0.2, 0) is 21.3 Å². The number of allylic oxidation sites excluding steroid dienone is 1. The SMILES string of the molecule is COCCn1cc(S(=O)(=O)NC(=O)c2ccc(N3CCN(CC4=C(c5ccc(Cl)cc5)CC5(CCC5)CC4)CC3)cc2Oc2cnc3[nH]ccc3c2)cc1[N+](=O)[O-]. The van der Waals surface area contributed by atoms with E-state index in [1.165, 1.54) is 61.8 Å². The lowest BCUT2D eigenvalue weighted by molar-refractivity contribution is -0.392. The monoisotopic (exact) mass is 813 g/mol. The van der Waals surface area contributed by atoms with Crippen molar-refractivity contribution >= 4 is 55.6 Å². The summed E-state index contributed by atoms with van der Waals surface area (Å²) in [6.45, 7) is 4.23. The van der Waals surface area contributed by atoms with Gasteiger partial charge in [0.1, 0.15) is 34.8 Å². The Morgan fingerprint density at radius 2 is 1.84 bits per heavy atom. The predicted octanol–water partition coefficient (Wildman–Crippen LogP) is 7.41. The zero-order chi connectivity index (χ0) is 39.7. The van der Waals surface area contributed by atoms with Gasteiger partial charge in [-0.15, -0.1) is 0 Å². The van der Waals surface area contributed by atoms with Crippen molar-refractivity contribution in [2.45, 2.75) is 50.0 Å². The standard InChI is InChI=1S/C41H44ClN7O7S/c1-55-20-19-48-27-34(23-38(48)49(51)52)57(53,54)45-40(50)35-8-7-32(22-37(35)56-33-21-29-10-14-43-39(29)44-25-33)47-17-15-46(16-18-47)26-30-9-13-41(11-2-12-41)24-36(30)28-3-5-31(42)6-4-28/h3-8,10,14,21-23,25,27H,2,9,11-13,15-20,24,26H2,1H3,(H,43,44)(H,45,50). The fourth-order valence-corrected chi connectivity index (χ4v) is 9.41. The van der Waals surface area contributed by atoms with Crippen LogP contribution in [-0.4, -0.2) is 85.1 Å². The van der Waals surface area contributed by atoms with Crippen molar-refractivity contribution < 1.29 is 27.6 Å². The number of H-pyrrole nitrogens is 1. The van der Waals surface area contributed by atoms with Crippen LogP contribution in [0, 0.1) is 15.5 Å². The van der Waals surface area contributed by atoms with Gasteiger partial charge in [-0.2, -0.15) is 0 Å². The molecule has 4 heterocycles. The second kappa shape index (κ2) is 16.0. The molecule has 1 saturated heterocycles. The average Bonchev–Trinajstić information content (AvgIpc) is 3.85. The molecule has 0 bridgehead atoms. The molecule has 14 nitrogen and oxygen atoms in total. The van der Waals surface area contributed by atoms with Crippen LogP contribution in [0.1, 0.15) is 54.4 Å². The molecule has 2 N–H and O–H groups in total. The number of carbonyl (C=O) groups is 1. The molecule has 0 unspecified atom stereocenters. The number of rotatable bonds is 13. The Labute approximate surface area is 335 Å². The molecule has 5 aromatic rings. The van der Waals surface area contributed by atoms with E-state index in [1.54, 1.807) is 24.4 Å². The molecule has 1 amide bonds. The molecule has 0 radical (unpaired) electrons. The van der Waals surface area contributed by atoms with E-state index < -0.39 is 31.6 Å². The Hall–Kier alpha value is -5.22. The number of nitrogens with zero attached hydrogens (tertiary/aromatic N) is 5. The summed E-state index contributed by atoms with van der Waals surface area (Å²) < 4.78 is 41.4. The normalized spacial score (nSPS) is 17.2. The van der Waals surface area contributed by atoms with Crippen LogP contribution in [0.2, 0.25) is 5.02 Å². The van der Waals surface area contributed by atoms with Gasteiger partial charge >= 0.3 is 5.82 Å². The van der Waals surface area contributed by atoms with Crippen molar-refractivity contribution in [3.8, 4) is 11.5 Å². The van der Waals surface area contributed by atoms with Gasteiger partial charge in [0.05, 0.1) is 24.4 Å². The van der Waals surface area contributed by atoms with Gasteiger partial charge in [0.2, 0.25) is 0 Å². The van der Waals surface area contributed by atoms with E-state index in [0.717, 1.165) is 78.5 Å². The van der Waals surface area contributed by atoms with E-state index in [2.05, 4.69) is 36.6 Å². The largest absolute Gasteiger partial charge is 0.455 e. The fourth-order valence-electron chi connectivity index (χ4n) is 8.28. The Bertz CT molecular complexity index is 2450. The number of nitro groups is 1. The van der Waals surface area contributed by atoms with Crippen LogP contribution in [0.5, 0.6) is 11.5 Å². The van der Waals surface area contributed by atoms with E-state index in [1.807, 2.05) is 18.2 Å². The number of halogens is 1. The molecule has 3 aromatic heterocycles. The van der Waals surface area contributed by atoms with Gasteiger partial charge in [-0.3, -0.25) is 9.69 Å². The van der Waals surface area contributed by atoms with Crippen molar-refractivity contribution in [2.24, 2.45) is 5.41 Å². The van der Waals surface area contributed by atoms with Crippen LogP contribution >= 0.6 is 11.6 Å². The third-order valence-electron chi connectivity index (χ3n) is 11.6. The molecule has 1 spiro atoms. The topological polar surface area (TPSA) is 165 Å². The number of fused-ring (bicyclic) bond motifs is 1. The molecule has 3 aliphatic rings. The highest BCUT2D eigenvalue weighted by Gasteiger charge is 2.41. The van der Waals surface area contributed by atoms with Gasteiger partial charge in [-0.05, 0) is 90.0 Å². The molecule has 1 aliphatic heterocycles. The van der Waals surface area contributed by atoms with Gasteiger partial charge < -0.3 is 29.5 Å². The summed E-state index contributed by atoms with van der Waals surface area (Å²) in [4.78, 5) is 36.5. The number of sulfonamides is 1. The summed E-state index contributed by atoms with van der Waals surface area (Å²) in [5.74, 6) is -0.911. The zero-order valence-electron chi connectivity index (χ0n) is 31.6. The number of amides is 1. The average molecular weight is 814 g/mol. The number of aromatic nitrogens is 3. The third kappa shape index (κ3) is 8.28. The van der Waals surface area contributed by atoms with Crippen molar-refractivity contribution in [1.29, 1.82) is 0 Å². The number of carbonyl (C=O) groups excluding carboxylic acids is 1. The number of hydrogen-bond acceptors (Lipinski definition) is 10. The van der Waals surface area contributed by atoms with Gasteiger partial charge in [0, 0.05) is 68.2 Å². The number of hydrogen-bond donors (Lipinski definition) is 2. The number of pyridine rings is 1. The minimum absolute atomic E-state index is 0.0355. The summed E-state index contributed by atoms with van der Waals surface area (Å²) in [5, 5.41) is 13.2. The van der Waals surface area contributed by atoms with Crippen molar-refractivity contribution in [1.82, 2.24) is 24.2 Å². The molecule has 2 fully saturated rings. The highest BCUT2D eigenvalue weighted by molar-refractivity contribution is 7.90. The van der Waals surface area contributed by atoms with Crippen molar-refractivity contribution in [3.63, 3.8) is 0 Å². The number of benzene rings is 2. The molecule has 8 rings (SSSR count). The van der Waals surface area contributed by atoms with E-state index in [9.17, 15) is 23.3 Å². The number of methoxy groups -OCH3 is 1. The number of piperazine rings is 1. The van der Waals surface area contributed by atoms with E-state index >= 15 is 0 Å². The third-order valence-corrected chi connectivity index (χ3v) is 13.2. The maximum atomic E-state index is 13.8. The number of nitrogens with one attached hydrogen (secondary N) is 2. The number of ether oxygens (including phenoxy) is 2. The molecule has 0 atom stereocenters. The zero-order valence-corrected chi connectivity index (χ0v) is 33.2. The van der Waals surface area contributed by atoms with Crippen LogP contribution in [0.15, 0.2) is 89.7 Å². The minimum Gasteiger partial charge on any atom is -0.455 e. The Morgan fingerprint density at radius 3 is 2.56 bits per heavy atom. The first kappa shape index (κ1) is 38.6. The van der Waals surface area contributed by atoms with E-state index in [0.29, 0.717) is 16.8 Å². The lowest BCUT2D eigenvalue weighted by Crippen LogP contribution is -2.47. The molecule has 2 aromatic carbocycles. The molecule has 298 valence electrons. The first-order valence-electron chi connectivity index (χ1n) is 19.1. The highest BCUT2D eigenvalue weighted by Crippen LogP contribution is 2.55. The van der Waals surface area contributed by atoms with Gasteiger partial charge in [-0.25, -0.2) is 22.7 Å². The lowest BCUT2D eigenvalue weighted by Gasteiger charge is -2.47. The number of aromatic amines is 1. The predicted molar refractivity (Wildman–Crippen MR) is 217 cm³/mol. The van der Waals surface area contributed by atoms with Crippen LogP contribution in [0.4, 0.5) is 11.5 Å². The molecule has 57 heavy (non-hydrogen) atoms. The maximum absolute atomic E-state index is 13.8. The lowest BCUT2D eigenvalue weighted by atomic mass is 9.59. The van der Waals surface area contributed by atoms with Gasteiger partial charge in [0.25, 0.3) is 15.9 Å². The molecule has 2 aliphatic carbocycles. The van der Waals surface area contributed by atoms with E-state index in [4.69, 9.17) is 21.1 Å². The highest BCUT2D eigenvalue weighted by atomic mass is 35.5. The van der Waals surface area contributed by atoms with Gasteiger partial charge in [0.15, 0.2) is 0 Å². The fraction of sp³-hybridized carbons (Fsp3) is 0.366. The van der Waals surface area contributed by atoms with E-state index in [-0.39, 0.29) is 24.5 Å². The molecule has 16 heteroatoms. The van der Waals surface area contributed by atoms with Crippen molar-refractivity contribution in [2.75, 3.05) is 51.3 Å². The quantitative estimate of drug-likeness (QED) is 0.0903. The Balaban J connectivity index is 1.02. The first-order chi connectivity index (χ1) is 27.5. The van der Waals surface area contributed by atoms with Crippen LogP contribution in [0.3, 0.4) is 0 Å². The molecular weight excluding hydrogens is 770 g/mol. The second-order valence-electron chi connectivity index (χ2n) is 15.2. The van der Waals surface area contributed by atoms with Crippen LogP contribution in [0.25, 0.3) is 16.6 Å². The first-order valence-corrected chi connectivity index (χ1v) is 21.0. The summed E-state index contributed by atoms with van der Waals surface area (Å²) in [5.41, 5.74) is 6.16. The Morgan fingerprint density at radius 1 is 1.05 bits per heavy atom. The summed E-state index contributed by atoms with van der Waals surface area (Å²) in [6.07, 6.45) is 11.8. The molecule has 1 saturated carbocycles. The van der Waals surface area contributed by atoms with Crippen molar-refractivity contribution in [3.05, 3.63) is 111 Å². The summed E-state index contributed by atoms with van der Waals surface area (Å²) in [7, 11) is -3.09.